The Labute approximate surface area is 128 Å². The molecule has 3 nitrogen and oxygen atoms in total. The predicted octanol–water partition coefficient (Wildman–Crippen LogP) is 4.49. The minimum absolute atomic E-state index is 0.0203. The lowest BCUT2D eigenvalue weighted by Gasteiger charge is -2.18. The Hall–Kier alpha value is -1.84. The van der Waals surface area contributed by atoms with Gasteiger partial charge < -0.3 is 9.73 Å². The second-order valence-corrected chi connectivity index (χ2v) is 5.39. The van der Waals surface area contributed by atoms with Crippen LogP contribution in [0.25, 0.3) is 10.9 Å². The Morgan fingerprint density at radius 3 is 2.81 bits per heavy atom. The SMILES string of the molecule is CCNC(c1ccc2nc(C)ccc2c1)c1ccoc1Cl. The first-order valence-electron chi connectivity index (χ1n) is 7.02. The van der Waals surface area contributed by atoms with Gasteiger partial charge in [0.25, 0.3) is 0 Å². The van der Waals surface area contributed by atoms with E-state index in [0.717, 1.165) is 34.3 Å². The third kappa shape index (κ3) is 2.80. The maximum Gasteiger partial charge on any atom is 0.198 e. The van der Waals surface area contributed by atoms with Crippen LogP contribution in [-0.4, -0.2) is 11.5 Å². The predicted molar refractivity (Wildman–Crippen MR) is 85.7 cm³/mol. The van der Waals surface area contributed by atoms with Crippen molar-refractivity contribution in [1.82, 2.24) is 10.3 Å². The van der Waals surface area contributed by atoms with Crippen LogP contribution in [0.4, 0.5) is 0 Å². The number of pyridine rings is 1. The second kappa shape index (κ2) is 5.88. The highest BCUT2D eigenvalue weighted by Gasteiger charge is 2.18. The summed E-state index contributed by atoms with van der Waals surface area (Å²) in [4.78, 5) is 4.54. The fourth-order valence-corrected chi connectivity index (χ4v) is 2.77. The highest BCUT2D eigenvalue weighted by Crippen LogP contribution is 2.30. The summed E-state index contributed by atoms with van der Waals surface area (Å²) in [6, 6.07) is 12.3. The summed E-state index contributed by atoms with van der Waals surface area (Å²) in [5.41, 5.74) is 4.14. The van der Waals surface area contributed by atoms with Crippen LogP contribution in [0.5, 0.6) is 0 Å². The van der Waals surface area contributed by atoms with Crippen LogP contribution >= 0.6 is 11.6 Å². The largest absolute Gasteiger partial charge is 0.453 e. The molecule has 0 saturated carbocycles. The van der Waals surface area contributed by atoms with E-state index < -0.39 is 0 Å². The topological polar surface area (TPSA) is 38.1 Å². The zero-order valence-corrected chi connectivity index (χ0v) is 12.8. The average Bonchev–Trinajstić information content (AvgIpc) is 2.90. The van der Waals surface area contributed by atoms with Crippen LogP contribution in [0.3, 0.4) is 0 Å². The molecule has 1 aromatic carbocycles. The van der Waals surface area contributed by atoms with Gasteiger partial charge in [0, 0.05) is 16.6 Å². The highest BCUT2D eigenvalue weighted by molar-refractivity contribution is 6.29. The number of rotatable bonds is 4. The lowest BCUT2D eigenvalue weighted by Crippen LogP contribution is -2.21. The molecule has 0 spiro atoms. The minimum atomic E-state index is 0.0203. The molecule has 108 valence electrons. The van der Waals surface area contributed by atoms with Gasteiger partial charge in [-0.1, -0.05) is 19.1 Å². The van der Waals surface area contributed by atoms with Crippen molar-refractivity contribution in [3.63, 3.8) is 0 Å². The van der Waals surface area contributed by atoms with Crippen molar-refractivity contribution in [2.24, 2.45) is 0 Å². The molecule has 0 bridgehead atoms. The quantitative estimate of drug-likeness (QED) is 0.771. The standard InChI is InChI=1S/C17H17ClN2O/c1-3-19-16(14-8-9-21-17(14)18)13-6-7-15-12(10-13)5-4-11(2)20-15/h4-10,16,19H,3H2,1-2H3. The normalized spacial score (nSPS) is 12.7. The molecule has 0 saturated heterocycles. The van der Waals surface area contributed by atoms with Crippen molar-refractivity contribution in [3.05, 3.63) is 64.7 Å². The summed E-state index contributed by atoms with van der Waals surface area (Å²) in [7, 11) is 0. The zero-order valence-electron chi connectivity index (χ0n) is 12.1. The average molecular weight is 301 g/mol. The lowest BCUT2D eigenvalue weighted by atomic mass is 9.99. The molecular formula is C17H17ClN2O. The van der Waals surface area contributed by atoms with Gasteiger partial charge in [0.1, 0.15) is 0 Å². The van der Waals surface area contributed by atoms with E-state index in [9.17, 15) is 0 Å². The van der Waals surface area contributed by atoms with E-state index in [-0.39, 0.29) is 6.04 Å². The molecule has 3 rings (SSSR count). The first-order valence-corrected chi connectivity index (χ1v) is 7.40. The summed E-state index contributed by atoms with van der Waals surface area (Å²) in [5.74, 6) is 0. The molecule has 0 fully saturated rings. The third-order valence-corrected chi connectivity index (χ3v) is 3.86. The first kappa shape index (κ1) is 14.1. The highest BCUT2D eigenvalue weighted by atomic mass is 35.5. The number of nitrogens with zero attached hydrogens (tertiary/aromatic N) is 1. The van der Waals surface area contributed by atoms with E-state index >= 15 is 0 Å². The summed E-state index contributed by atoms with van der Waals surface area (Å²) < 4.78 is 5.23. The van der Waals surface area contributed by atoms with E-state index in [1.165, 1.54) is 0 Å². The molecule has 0 aliphatic carbocycles. The maximum absolute atomic E-state index is 6.14. The van der Waals surface area contributed by atoms with Gasteiger partial charge in [0.15, 0.2) is 5.22 Å². The molecule has 2 aromatic heterocycles. The number of aromatic nitrogens is 1. The van der Waals surface area contributed by atoms with Crippen molar-refractivity contribution in [2.75, 3.05) is 6.54 Å². The second-order valence-electron chi connectivity index (χ2n) is 5.05. The third-order valence-electron chi connectivity index (χ3n) is 3.55. The van der Waals surface area contributed by atoms with Gasteiger partial charge in [-0.25, -0.2) is 0 Å². The fraction of sp³-hybridized carbons (Fsp3) is 0.235. The van der Waals surface area contributed by atoms with E-state index in [2.05, 4.69) is 41.5 Å². The van der Waals surface area contributed by atoms with Crippen molar-refractivity contribution >= 4 is 22.5 Å². The van der Waals surface area contributed by atoms with Crippen molar-refractivity contribution in [2.45, 2.75) is 19.9 Å². The zero-order chi connectivity index (χ0) is 14.8. The molecule has 3 aromatic rings. The van der Waals surface area contributed by atoms with E-state index in [0.29, 0.717) is 5.22 Å². The Morgan fingerprint density at radius 1 is 1.24 bits per heavy atom. The number of furan rings is 1. The van der Waals surface area contributed by atoms with E-state index in [1.807, 2.05) is 19.1 Å². The maximum atomic E-state index is 6.14. The smallest absolute Gasteiger partial charge is 0.198 e. The van der Waals surface area contributed by atoms with Gasteiger partial charge in [0.05, 0.1) is 17.8 Å². The summed E-state index contributed by atoms with van der Waals surface area (Å²) in [6.07, 6.45) is 1.62. The van der Waals surface area contributed by atoms with Crippen LogP contribution in [0.15, 0.2) is 47.1 Å². The molecule has 0 amide bonds. The lowest BCUT2D eigenvalue weighted by molar-refractivity contribution is 0.555. The van der Waals surface area contributed by atoms with Crippen LogP contribution in [0.2, 0.25) is 5.22 Å². The van der Waals surface area contributed by atoms with Gasteiger partial charge in [0.2, 0.25) is 0 Å². The van der Waals surface area contributed by atoms with Crippen LogP contribution in [0.1, 0.15) is 29.8 Å². The van der Waals surface area contributed by atoms with Crippen LogP contribution in [-0.2, 0) is 0 Å². The number of aryl methyl sites for hydroxylation is 1. The Bertz CT molecular complexity index is 766. The molecule has 1 atom stereocenters. The van der Waals surface area contributed by atoms with Gasteiger partial charge in [-0.05, 0) is 54.9 Å². The molecule has 0 radical (unpaired) electrons. The fourth-order valence-electron chi connectivity index (χ4n) is 2.55. The number of nitrogens with one attached hydrogen (secondary N) is 1. The summed E-state index contributed by atoms with van der Waals surface area (Å²) in [6.45, 7) is 4.92. The number of hydrogen-bond donors (Lipinski definition) is 1. The minimum Gasteiger partial charge on any atom is -0.453 e. The first-order chi connectivity index (χ1) is 10.2. The molecule has 0 aliphatic heterocycles. The number of halogens is 1. The van der Waals surface area contributed by atoms with Crippen LogP contribution < -0.4 is 5.32 Å². The monoisotopic (exact) mass is 300 g/mol. The number of benzene rings is 1. The number of fused-ring (bicyclic) bond motifs is 1. The van der Waals surface area contributed by atoms with Crippen molar-refractivity contribution in [3.8, 4) is 0 Å². The molecule has 1 N–H and O–H groups in total. The molecule has 1 unspecified atom stereocenters. The Balaban J connectivity index is 2.07. The summed E-state index contributed by atoms with van der Waals surface area (Å²) >= 11 is 6.14. The van der Waals surface area contributed by atoms with Gasteiger partial charge in [-0.2, -0.15) is 0 Å². The summed E-state index contributed by atoms with van der Waals surface area (Å²) in [5, 5.41) is 5.01. The Kier molecular flexibility index (Phi) is 3.95. The number of hydrogen-bond acceptors (Lipinski definition) is 3. The molecule has 4 heteroatoms. The molecule has 0 aliphatic rings. The van der Waals surface area contributed by atoms with Crippen LogP contribution in [0, 0.1) is 6.92 Å². The van der Waals surface area contributed by atoms with E-state index in [4.69, 9.17) is 16.0 Å². The van der Waals surface area contributed by atoms with Crippen molar-refractivity contribution < 1.29 is 4.42 Å². The molecular weight excluding hydrogens is 284 g/mol. The Morgan fingerprint density at radius 2 is 2.10 bits per heavy atom. The molecule has 21 heavy (non-hydrogen) atoms. The van der Waals surface area contributed by atoms with E-state index in [1.54, 1.807) is 6.26 Å². The van der Waals surface area contributed by atoms with Gasteiger partial charge in [-0.15, -0.1) is 0 Å². The van der Waals surface area contributed by atoms with Gasteiger partial charge in [-0.3, -0.25) is 4.98 Å². The van der Waals surface area contributed by atoms with Gasteiger partial charge >= 0.3 is 0 Å². The molecule has 2 heterocycles. The van der Waals surface area contributed by atoms with Crippen molar-refractivity contribution in [1.29, 1.82) is 0 Å².